The molecule has 0 aliphatic heterocycles. The molecule has 1 heterocycles. The second-order valence-corrected chi connectivity index (χ2v) is 14.6. The molecule has 0 aliphatic rings. The van der Waals surface area contributed by atoms with Crippen LogP contribution in [0.1, 0.15) is 11.1 Å². The molecule has 1 nitrogen and oxygen atoms in total. The van der Waals surface area contributed by atoms with Crippen molar-refractivity contribution in [1.29, 1.82) is 0 Å². The molecule has 0 amide bonds. The van der Waals surface area contributed by atoms with Crippen LogP contribution in [0.4, 0.5) is 0 Å². The third kappa shape index (κ3) is 5.82. The fraction of sp³-hybridized carbons (Fsp3) is 0.0370. The van der Waals surface area contributed by atoms with Gasteiger partial charge in [-0.15, -0.1) is 0 Å². The van der Waals surface area contributed by atoms with E-state index in [9.17, 15) is 0 Å². The van der Waals surface area contributed by atoms with Crippen LogP contribution in [0.5, 0.6) is 0 Å². The quantitative estimate of drug-likeness (QED) is 0.157. The first-order valence-electron chi connectivity index (χ1n) is 19.0. The largest absolute Gasteiger partial charge is 0.455 e. The molecule has 9 aromatic carbocycles. The zero-order valence-electron chi connectivity index (χ0n) is 30.9. The SMILES string of the molecule is Cc1ccc(-c2oc3cc(-c4c5ccccc5c(-c5ccc(-c6ccc(-c7ccccc7)cc6)cc5)c5ccccc45)ccc3c2-c2ccc(C)cc2)cc1. The second kappa shape index (κ2) is 13.5. The van der Waals surface area contributed by atoms with Crippen LogP contribution < -0.4 is 0 Å². The highest BCUT2D eigenvalue weighted by molar-refractivity contribution is 6.22. The minimum Gasteiger partial charge on any atom is -0.455 e. The lowest BCUT2D eigenvalue weighted by molar-refractivity contribution is 0.632. The summed E-state index contributed by atoms with van der Waals surface area (Å²) in [6.07, 6.45) is 0. The first-order valence-corrected chi connectivity index (χ1v) is 19.0. The summed E-state index contributed by atoms with van der Waals surface area (Å²) in [5, 5.41) is 6.02. The Kier molecular flexibility index (Phi) is 8.00. The van der Waals surface area contributed by atoms with Crippen molar-refractivity contribution in [2.45, 2.75) is 13.8 Å². The van der Waals surface area contributed by atoms with Crippen LogP contribution in [0.25, 0.3) is 99.5 Å². The number of rotatable bonds is 6. The van der Waals surface area contributed by atoms with Gasteiger partial charge < -0.3 is 4.42 Å². The standard InChI is InChI=1S/C54H38O/c1-35-16-20-42(21-17-35)53-49-33-32-44(34-50(49)55-54(53)43-22-18-36(2)19-23-43)52-47-14-8-6-12-45(47)51(46-13-7-9-15-48(46)52)41-30-28-40(29-31-41)39-26-24-38(25-27-39)37-10-4-3-5-11-37/h3-34H,1-2H3. The molecular weight excluding hydrogens is 665 g/mol. The maximum Gasteiger partial charge on any atom is 0.143 e. The van der Waals surface area contributed by atoms with Crippen molar-refractivity contribution in [1.82, 2.24) is 0 Å². The first-order chi connectivity index (χ1) is 27.1. The molecular formula is C54H38O. The Morgan fingerprint density at radius 1 is 0.273 bits per heavy atom. The lowest BCUT2D eigenvalue weighted by atomic mass is 9.85. The molecule has 1 heteroatoms. The number of hydrogen-bond donors (Lipinski definition) is 0. The normalized spacial score (nSPS) is 11.5. The summed E-state index contributed by atoms with van der Waals surface area (Å²) in [4.78, 5) is 0. The van der Waals surface area contributed by atoms with E-state index in [1.54, 1.807) is 0 Å². The second-order valence-electron chi connectivity index (χ2n) is 14.6. The molecule has 0 aliphatic carbocycles. The van der Waals surface area contributed by atoms with Gasteiger partial charge in [-0.25, -0.2) is 0 Å². The Labute approximate surface area is 321 Å². The van der Waals surface area contributed by atoms with Crippen LogP contribution in [0.2, 0.25) is 0 Å². The van der Waals surface area contributed by atoms with Crippen molar-refractivity contribution < 1.29 is 4.42 Å². The summed E-state index contributed by atoms with van der Waals surface area (Å²) in [6.45, 7) is 4.25. The summed E-state index contributed by atoms with van der Waals surface area (Å²) >= 11 is 0. The molecule has 260 valence electrons. The van der Waals surface area contributed by atoms with Gasteiger partial charge in [-0.1, -0.05) is 193 Å². The average molecular weight is 703 g/mol. The van der Waals surface area contributed by atoms with Gasteiger partial charge in [0.2, 0.25) is 0 Å². The lowest BCUT2D eigenvalue weighted by Crippen LogP contribution is -1.91. The van der Waals surface area contributed by atoms with E-state index in [0.29, 0.717) is 0 Å². The van der Waals surface area contributed by atoms with Crippen molar-refractivity contribution >= 4 is 32.5 Å². The van der Waals surface area contributed by atoms with Gasteiger partial charge in [0.1, 0.15) is 11.3 Å². The van der Waals surface area contributed by atoms with E-state index >= 15 is 0 Å². The highest BCUT2D eigenvalue weighted by Gasteiger charge is 2.21. The van der Waals surface area contributed by atoms with Crippen LogP contribution in [-0.4, -0.2) is 0 Å². The molecule has 0 atom stereocenters. The van der Waals surface area contributed by atoms with Gasteiger partial charge in [-0.2, -0.15) is 0 Å². The summed E-state index contributed by atoms with van der Waals surface area (Å²) < 4.78 is 6.87. The van der Waals surface area contributed by atoms with Crippen molar-refractivity contribution in [3.8, 4) is 67.0 Å². The number of hydrogen-bond acceptors (Lipinski definition) is 1. The number of benzene rings is 9. The third-order valence-electron chi connectivity index (χ3n) is 11.1. The average Bonchev–Trinajstić information content (AvgIpc) is 3.62. The fourth-order valence-corrected chi connectivity index (χ4v) is 8.23. The van der Waals surface area contributed by atoms with Gasteiger partial charge in [0.15, 0.2) is 0 Å². The maximum absolute atomic E-state index is 6.87. The number of aryl methyl sites for hydroxylation is 2. The Balaban J connectivity index is 1.11. The molecule has 0 saturated carbocycles. The molecule has 0 unspecified atom stereocenters. The van der Waals surface area contributed by atoms with Gasteiger partial charge in [0.25, 0.3) is 0 Å². The molecule has 0 spiro atoms. The van der Waals surface area contributed by atoms with Crippen molar-refractivity contribution in [3.63, 3.8) is 0 Å². The van der Waals surface area contributed by atoms with E-state index in [0.717, 1.165) is 39.0 Å². The van der Waals surface area contributed by atoms with E-state index in [2.05, 4.69) is 208 Å². The van der Waals surface area contributed by atoms with Gasteiger partial charge in [0.05, 0.1) is 0 Å². The molecule has 0 radical (unpaired) electrons. The monoisotopic (exact) mass is 702 g/mol. The topological polar surface area (TPSA) is 13.1 Å². The lowest BCUT2D eigenvalue weighted by Gasteiger charge is -2.18. The van der Waals surface area contributed by atoms with Gasteiger partial charge in [0, 0.05) is 16.5 Å². The van der Waals surface area contributed by atoms with E-state index in [1.807, 2.05) is 0 Å². The molecule has 55 heavy (non-hydrogen) atoms. The summed E-state index contributed by atoms with van der Waals surface area (Å²) in [6, 6.07) is 70.4. The van der Waals surface area contributed by atoms with Crippen LogP contribution in [0.15, 0.2) is 199 Å². The maximum atomic E-state index is 6.87. The third-order valence-corrected chi connectivity index (χ3v) is 11.1. The van der Waals surface area contributed by atoms with Crippen molar-refractivity contribution in [2.24, 2.45) is 0 Å². The van der Waals surface area contributed by atoms with E-state index < -0.39 is 0 Å². The van der Waals surface area contributed by atoms with Gasteiger partial charge in [-0.3, -0.25) is 0 Å². The van der Waals surface area contributed by atoms with Crippen LogP contribution in [0, 0.1) is 13.8 Å². The number of fused-ring (bicyclic) bond motifs is 3. The Morgan fingerprint density at radius 3 is 1.15 bits per heavy atom. The van der Waals surface area contributed by atoms with E-state index in [1.165, 1.54) is 71.6 Å². The Morgan fingerprint density at radius 2 is 0.636 bits per heavy atom. The van der Waals surface area contributed by atoms with Crippen molar-refractivity contribution in [3.05, 3.63) is 205 Å². The molecule has 0 bridgehead atoms. The first kappa shape index (κ1) is 32.7. The zero-order chi connectivity index (χ0) is 36.9. The highest BCUT2D eigenvalue weighted by atomic mass is 16.3. The van der Waals surface area contributed by atoms with Crippen molar-refractivity contribution in [2.75, 3.05) is 0 Å². The highest BCUT2D eigenvalue weighted by Crippen LogP contribution is 2.47. The molecule has 0 N–H and O–H groups in total. The molecule has 1 aromatic heterocycles. The van der Waals surface area contributed by atoms with Gasteiger partial charge in [-0.05, 0) is 97.6 Å². The van der Waals surface area contributed by atoms with Gasteiger partial charge >= 0.3 is 0 Å². The summed E-state index contributed by atoms with van der Waals surface area (Å²) in [5.41, 5.74) is 16.4. The molecule has 10 aromatic rings. The van der Waals surface area contributed by atoms with Crippen LogP contribution >= 0.6 is 0 Å². The minimum atomic E-state index is 0.883. The molecule has 0 saturated heterocycles. The predicted molar refractivity (Wildman–Crippen MR) is 233 cm³/mol. The van der Waals surface area contributed by atoms with E-state index in [4.69, 9.17) is 4.42 Å². The predicted octanol–water partition coefficient (Wildman–Crippen LogP) is 15.4. The number of furan rings is 1. The summed E-state index contributed by atoms with van der Waals surface area (Å²) in [5.74, 6) is 0.900. The Bertz CT molecular complexity index is 2930. The van der Waals surface area contributed by atoms with Crippen LogP contribution in [0.3, 0.4) is 0 Å². The van der Waals surface area contributed by atoms with Crippen LogP contribution in [-0.2, 0) is 0 Å². The zero-order valence-corrected chi connectivity index (χ0v) is 30.9. The molecule has 10 rings (SSSR count). The fourth-order valence-electron chi connectivity index (χ4n) is 8.23. The molecule has 0 fully saturated rings. The Hall–Kier alpha value is -6.96. The minimum absolute atomic E-state index is 0.883. The summed E-state index contributed by atoms with van der Waals surface area (Å²) in [7, 11) is 0. The van der Waals surface area contributed by atoms with E-state index in [-0.39, 0.29) is 0 Å². The smallest absolute Gasteiger partial charge is 0.143 e.